The minimum Gasteiger partial charge on any atom is -0.456 e. The van der Waals surface area contributed by atoms with Crippen molar-refractivity contribution >= 4 is 76.6 Å². The molecule has 0 bridgehead atoms. The van der Waals surface area contributed by atoms with Crippen LogP contribution >= 0.6 is 0 Å². The van der Waals surface area contributed by atoms with E-state index in [1.165, 1.54) is 5.39 Å². The Morgan fingerprint density at radius 1 is 0.383 bits per heavy atom. The van der Waals surface area contributed by atoms with Gasteiger partial charge in [-0.2, -0.15) is 9.97 Å². The fourth-order valence-corrected chi connectivity index (χ4v) is 8.96. The summed E-state index contributed by atoms with van der Waals surface area (Å²) in [6, 6.07) is 62.2. The van der Waals surface area contributed by atoms with Gasteiger partial charge in [-0.3, -0.25) is 4.57 Å². The first-order chi connectivity index (χ1) is 29.7. The molecular formula is C52H30N6O2. The summed E-state index contributed by atoms with van der Waals surface area (Å²) in [5, 5.41) is 6.51. The second kappa shape index (κ2) is 12.6. The molecule has 5 heterocycles. The van der Waals surface area contributed by atoms with Crippen LogP contribution in [0, 0.1) is 0 Å². The number of oxazole rings is 1. The summed E-state index contributed by atoms with van der Waals surface area (Å²) in [6.07, 6.45) is 0. The van der Waals surface area contributed by atoms with E-state index in [1.807, 2.05) is 78.9 Å². The molecule has 0 radical (unpaired) electrons. The highest BCUT2D eigenvalue weighted by Crippen LogP contribution is 2.42. The van der Waals surface area contributed by atoms with Crippen molar-refractivity contribution in [1.29, 1.82) is 0 Å². The van der Waals surface area contributed by atoms with Crippen molar-refractivity contribution in [2.45, 2.75) is 0 Å². The van der Waals surface area contributed by atoms with E-state index in [0.29, 0.717) is 40.2 Å². The van der Waals surface area contributed by atoms with E-state index in [-0.39, 0.29) is 0 Å². The molecule has 0 atom stereocenters. The van der Waals surface area contributed by atoms with Crippen molar-refractivity contribution in [3.63, 3.8) is 0 Å². The van der Waals surface area contributed by atoms with E-state index in [0.717, 1.165) is 77.0 Å². The normalized spacial score (nSPS) is 12.0. The Kier molecular flexibility index (Phi) is 6.85. The van der Waals surface area contributed by atoms with Gasteiger partial charge < -0.3 is 13.4 Å². The van der Waals surface area contributed by atoms with E-state index in [1.54, 1.807) is 0 Å². The number of benzene rings is 8. The van der Waals surface area contributed by atoms with Gasteiger partial charge in [-0.05, 0) is 72.8 Å². The molecule has 0 saturated heterocycles. The molecule has 8 aromatic carbocycles. The van der Waals surface area contributed by atoms with E-state index < -0.39 is 0 Å². The van der Waals surface area contributed by atoms with Crippen molar-refractivity contribution in [3.05, 3.63) is 182 Å². The van der Waals surface area contributed by atoms with Gasteiger partial charge in [-0.25, -0.2) is 9.97 Å². The Balaban J connectivity index is 1.15. The topological polar surface area (TPSA) is 87.7 Å². The lowest BCUT2D eigenvalue weighted by Gasteiger charge is -2.13. The highest BCUT2D eigenvalue weighted by Gasteiger charge is 2.25. The van der Waals surface area contributed by atoms with Gasteiger partial charge in [0.1, 0.15) is 16.7 Å². The van der Waals surface area contributed by atoms with Crippen LogP contribution in [0.5, 0.6) is 0 Å². The second-order valence-corrected chi connectivity index (χ2v) is 15.0. The summed E-state index contributed by atoms with van der Waals surface area (Å²) in [5.41, 5.74) is 10.6. The zero-order valence-electron chi connectivity index (χ0n) is 31.8. The average Bonchev–Trinajstić information content (AvgIpc) is 4.08. The van der Waals surface area contributed by atoms with Crippen LogP contribution in [0.1, 0.15) is 0 Å². The zero-order chi connectivity index (χ0) is 39.3. The summed E-state index contributed by atoms with van der Waals surface area (Å²) in [4.78, 5) is 20.9. The second-order valence-electron chi connectivity index (χ2n) is 15.0. The molecule has 0 unspecified atom stereocenters. The number of aromatic nitrogens is 6. The van der Waals surface area contributed by atoms with Crippen LogP contribution in [-0.4, -0.2) is 29.1 Å². The molecule has 280 valence electrons. The maximum atomic E-state index is 6.57. The summed E-state index contributed by atoms with van der Waals surface area (Å²) in [7, 11) is 0. The molecule has 0 fully saturated rings. The number of fused-ring (bicyclic) bond motifs is 11. The summed E-state index contributed by atoms with van der Waals surface area (Å²) in [5.74, 6) is 2.00. The van der Waals surface area contributed by atoms with Gasteiger partial charge in [0, 0.05) is 49.1 Å². The van der Waals surface area contributed by atoms with E-state index >= 15 is 0 Å². The Bertz CT molecular complexity index is 3840. The molecule has 5 aromatic heterocycles. The largest absolute Gasteiger partial charge is 0.456 e. The lowest BCUT2D eigenvalue weighted by Crippen LogP contribution is -2.07. The predicted octanol–water partition coefficient (Wildman–Crippen LogP) is 13.1. The number of furan rings is 1. The first-order valence-corrected chi connectivity index (χ1v) is 19.9. The highest BCUT2D eigenvalue weighted by molar-refractivity contribution is 6.23. The molecule has 60 heavy (non-hydrogen) atoms. The Morgan fingerprint density at radius 3 is 1.80 bits per heavy atom. The molecule has 13 rings (SSSR count). The molecule has 0 spiro atoms. The van der Waals surface area contributed by atoms with E-state index in [4.69, 9.17) is 28.8 Å². The number of rotatable bonds is 5. The molecule has 0 saturated carbocycles. The standard InChI is InChI=1S/C52H30N6O2/c1-3-14-31(15-4-1)51-53-41-22-13-21-39(48(41)60-51)50-54-49(32-26-29-45-40(30-32)36-20-9-12-25-44(36)59-45)55-52(56-50)58-43-24-11-8-19-35(43)38-28-27-37-34-18-7-10-23-42(34)57(46(37)47(38)58)33-16-5-2-6-17-33/h1-30H. The van der Waals surface area contributed by atoms with Crippen molar-refractivity contribution in [2.24, 2.45) is 0 Å². The molecule has 0 aliphatic heterocycles. The van der Waals surface area contributed by atoms with Gasteiger partial charge in [0.25, 0.3) is 0 Å². The Morgan fingerprint density at radius 2 is 1.02 bits per heavy atom. The maximum absolute atomic E-state index is 6.57. The summed E-state index contributed by atoms with van der Waals surface area (Å²) in [6.45, 7) is 0. The Hall–Kier alpha value is -8.36. The SMILES string of the molecule is c1ccc(-c2nc3cccc(-c4nc(-c5ccc6oc7ccccc7c6c5)nc(-n5c6ccccc6c6ccc7c8ccccc8n(-c8ccccc8)c7c65)n4)c3o2)cc1. The van der Waals surface area contributed by atoms with Crippen molar-refractivity contribution < 1.29 is 8.83 Å². The molecule has 0 N–H and O–H groups in total. The third-order valence-corrected chi connectivity index (χ3v) is 11.6. The van der Waals surface area contributed by atoms with Crippen molar-refractivity contribution in [2.75, 3.05) is 0 Å². The van der Waals surface area contributed by atoms with Gasteiger partial charge in [0.15, 0.2) is 17.2 Å². The molecule has 0 aliphatic rings. The lowest BCUT2D eigenvalue weighted by atomic mass is 10.1. The Labute approximate surface area is 341 Å². The van der Waals surface area contributed by atoms with Gasteiger partial charge in [0.05, 0.1) is 27.6 Å². The van der Waals surface area contributed by atoms with Crippen LogP contribution < -0.4 is 0 Å². The molecule has 0 aliphatic carbocycles. The average molecular weight is 771 g/mol. The van der Waals surface area contributed by atoms with E-state index in [2.05, 4.69) is 112 Å². The van der Waals surface area contributed by atoms with Crippen LogP contribution in [0.4, 0.5) is 0 Å². The minimum atomic E-state index is 0.468. The monoisotopic (exact) mass is 770 g/mol. The van der Waals surface area contributed by atoms with Crippen LogP contribution in [0.2, 0.25) is 0 Å². The molecular weight excluding hydrogens is 741 g/mol. The first kappa shape index (κ1) is 32.7. The fourth-order valence-electron chi connectivity index (χ4n) is 8.96. The third kappa shape index (κ3) is 4.79. The van der Waals surface area contributed by atoms with Gasteiger partial charge in [-0.15, -0.1) is 0 Å². The zero-order valence-corrected chi connectivity index (χ0v) is 31.8. The van der Waals surface area contributed by atoms with Crippen molar-refractivity contribution in [3.8, 4) is 45.9 Å². The first-order valence-electron chi connectivity index (χ1n) is 19.9. The third-order valence-electron chi connectivity index (χ3n) is 11.6. The lowest BCUT2D eigenvalue weighted by molar-refractivity contribution is 0.620. The highest BCUT2D eigenvalue weighted by atomic mass is 16.3. The maximum Gasteiger partial charge on any atom is 0.238 e. The smallest absolute Gasteiger partial charge is 0.238 e. The van der Waals surface area contributed by atoms with Gasteiger partial charge in [0.2, 0.25) is 11.8 Å². The minimum absolute atomic E-state index is 0.468. The van der Waals surface area contributed by atoms with Crippen molar-refractivity contribution in [1.82, 2.24) is 29.1 Å². The van der Waals surface area contributed by atoms with Crippen LogP contribution in [0.25, 0.3) is 123 Å². The van der Waals surface area contributed by atoms with Crippen LogP contribution in [0.3, 0.4) is 0 Å². The van der Waals surface area contributed by atoms with E-state index in [9.17, 15) is 0 Å². The molecule has 8 nitrogen and oxygen atoms in total. The molecule has 8 heteroatoms. The fraction of sp³-hybridized carbons (Fsp3) is 0. The predicted molar refractivity (Wildman–Crippen MR) is 240 cm³/mol. The van der Waals surface area contributed by atoms with Crippen LogP contribution in [-0.2, 0) is 0 Å². The van der Waals surface area contributed by atoms with Gasteiger partial charge in [-0.1, -0.05) is 109 Å². The summed E-state index contributed by atoms with van der Waals surface area (Å²) < 4.78 is 17.4. The quantitative estimate of drug-likeness (QED) is 0.173. The number of hydrogen-bond acceptors (Lipinski definition) is 6. The molecule has 13 aromatic rings. The number of nitrogens with zero attached hydrogens (tertiary/aromatic N) is 6. The molecule has 0 amide bonds. The number of hydrogen-bond donors (Lipinski definition) is 0. The summed E-state index contributed by atoms with van der Waals surface area (Å²) >= 11 is 0. The van der Waals surface area contributed by atoms with Crippen LogP contribution in [0.15, 0.2) is 191 Å². The number of para-hydroxylation sites is 5. The van der Waals surface area contributed by atoms with Gasteiger partial charge >= 0.3 is 0 Å².